The topological polar surface area (TPSA) is 101 Å². The summed E-state index contributed by atoms with van der Waals surface area (Å²) < 4.78 is 6.42. The molecule has 100 valence electrons. The van der Waals surface area contributed by atoms with Crippen molar-refractivity contribution in [3.63, 3.8) is 0 Å². The Bertz CT molecular complexity index is 828. The number of benzene rings is 1. The fourth-order valence-corrected chi connectivity index (χ4v) is 1.84. The Morgan fingerprint density at radius 3 is 2.85 bits per heavy atom. The van der Waals surface area contributed by atoms with E-state index in [-0.39, 0.29) is 11.4 Å². The highest BCUT2D eigenvalue weighted by molar-refractivity contribution is 5.86. The summed E-state index contributed by atoms with van der Waals surface area (Å²) in [5.41, 5.74) is 0.854. The Morgan fingerprint density at radius 1 is 1.35 bits per heavy atom. The van der Waals surface area contributed by atoms with E-state index in [1.54, 1.807) is 30.5 Å². The van der Waals surface area contributed by atoms with Gasteiger partial charge < -0.3 is 14.6 Å². The number of rotatable bonds is 3. The first-order chi connectivity index (χ1) is 9.65. The van der Waals surface area contributed by atoms with Gasteiger partial charge in [-0.05, 0) is 12.1 Å². The number of aromatic amines is 1. The standard InChI is InChI=1S/C13H9N3O4/c17-12(18)10-7-11(20-15-10)8-2-1-3-9(6-8)16-5-4-14-13(16)19/h1-7H,(H,14,19)(H,17,18). The molecule has 2 aromatic heterocycles. The normalized spacial score (nSPS) is 10.6. The highest BCUT2D eigenvalue weighted by Gasteiger charge is 2.12. The van der Waals surface area contributed by atoms with E-state index in [9.17, 15) is 9.59 Å². The van der Waals surface area contributed by atoms with E-state index in [1.807, 2.05) is 0 Å². The van der Waals surface area contributed by atoms with Crippen molar-refractivity contribution in [1.82, 2.24) is 14.7 Å². The number of carboxylic acids is 1. The Balaban J connectivity index is 2.05. The van der Waals surface area contributed by atoms with Gasteiger partial charge in [-0.1, -0.05) is 17.3 Å². The Labute approximate surface area is 112 Å². The van der Waals surface area contributed by atoms with Gasteiger partial charge in [-0.25, -0.2) is 9.59 Å². The van der Waals surface area contributed by atoms with Crippen molar-refractivity contribution >= 4 is 5.97 Å². The summed E-state index contributed by atoms with van der Waals surface area (Å²) in [6, 6.07) is 8.29. The molecule has 7 nitrogen and oxygen atoms in total. The summed E-state index contributed by atoms with van der Waals surface area (Å²) in [7, 11) is 0. The predicted molar refractivity (Wildman–Crippen MR) is 68.8 cm³/mol. The third-order valence-corrected chi connectivity index (χ3v) is 2.79. The zero-order valence-electron chi connectivity index (χ0n) is 10.1. The second kappa shape index (κ2) is 4.54. The zero-order valence-corrected chi connectivity index (χ0v) is 10.1. The quantitative estimate of drug-likeness (QED) is 0.752. The molecule has 0 saturated carbocycles. The molecule has 2 N–H and O–H groups in total. The summed E-state index contributed by atoms with van der Waals surface area (Å²) in [6.07, 6.45) is 3.14. The molecule has 0 aliphatic carbocycles. The maximum Gasteiger partial charge on any atom is 0.358 e. The van der Waals surface area contributed by atoms with E-state index in [4.69, 9.17) is 9.63 Å². The summed E-state index contributed by atoms with van der Waals surface area (Å²) in [4.78, 5) is 24.9. The van der Waals surface area contributed by atoms with Gasteiger partial charge in [0.05, 0.1) is 5.69 Å². The molecule has 0 saturated heterocycles. The molecule has 0 unspecified atom stereocenters. The lowest BCUT2D eigenvalue weighted by atomic mass is 10.1. The fourth-order valence-electron chi connectivity index (χ4n) is 1.84. The molecule has 0 bridgehead atoms. The van der Waals surface area contributed by atoms with E-state index in [0.29, 0.717) is 17.0 Å². The lowest BCUT2D eigenvalue weighted by Gasteiger charge is -2.02. The number of carbonyl (C=O) groups is 1. The van der Waals surface area contributed by atoms with E-state index >= 15 is 0 Å². The minimum Gasteiger partial charge on any atom is -0.476 e. The van der Waals surface area contributed by atoms with Crippen LogP contribution in [0.15, 0.2) is 52.0 Å². The van der Waals surface area contributed by atoms with Gasteiger partial charge in [-0.15, -0.1) is 0 Å². The number of hydrogen-bond donors (Lipinski definition) is 2. The Hall–Kier alpha value is -3.09. The first-order valence-corrected chi connectivity index (χ1v) is 5.72. The van der Waals surface area contributed by atoms with Crippen molar-refractivity contribution in [2.45, 2.75) is 0 Å². The number of nitrogens with one attached hydrogen (secondary N) is 1. The molecule has 0 radical (unpaired) electrons. The minimum absolute atomic E-state index is 0.163. The van der Waals surface area contributed by atoms with Crippen LogP contribution in [-0.4, -0.2) is 25.8 Å². The van der Waals surface area contributed by atoms with Crippen LogP contribution in [0.1, 0.15) is 10.5 Å². The maximum absolute atomic E-state index is 11.6. The third-order valence-electron chi connectivity index (χ3n) is 2.79. The van der Waals surface area contributed by atoms with Gasteiger partial charge in [0.15, 0.2) is 11.5 Å². The van der Waals surface area contributed by atoms with Crippen LogP contribution in [0.2, 0.25) is 0 Å². The lowest BCUT2D eigenvalue weighted by Crippen LogP contribution is -2.13. The van der Waals surface area contributed by atoms with Crippen LogP contribution in [0.4, 0.5) is 0 Å². The summed E-state index contributed by atoms with van der Waals surface area (Å²) >= 11 is 0. The summed E-state index contributed by atoms with van der Waals surface area (Å²) in [5, 5.41) is 12.3. The van der Waals surface area contributed by atoms with Crippen molar-refractivity contribution in [2.24, 2.45) is 0 Å². The number of aromatic carboxylic acids is 1. The first kappa shape index (κ1) is 12.0. The van der Waals surface area contributed by atoms with Crippen LogP contribution in [-0.2, 0) is 0 Å². The molecule has 7 heteroatoms. The van der Waals surface area contributed by atoms with Crippen LogP contribution >= 0.6 is 0 Å². The van der Waals surface area contributed by atoms with Gasteiger partial charge in [-0.3, -0.25) is 4.57 Å². The van der Waals surface area contributed by atoms with Crippen LogP contribution in [0.5, 0.6) is 0 Å². The Morgan fingerprint density at radius 2 is 2.20 bits per heavy atom. The Kier molecular flexibility index (Phi) is 2.72. The van der Waals surface area contributed by atoms with Crippen LogP contribution in [0, 0.1) is 0 Å². The van der Waals surface area contributed by atoms with E-state index in [1.165, 1.54) is 16.8 Å². The molecular formula is C13H9N3O4. The zero-order chi connectivity index (χ0) is 14.1. The number of nitrogens with zero attached hydrogens (tertiary/aromatic N) is 2. The molecule has 0 aliphatic heterocycles. The smallest absolute Gasteiger partial charge is 0.358 e. The van der Waals surface area contributed by atoms with Crippen molar-refractivity contribution < 1.29 is 14.4 Å². The van der Waals surface area contributed by atoms with Crippen molar-refractivity contribution in [2.75, 3.05) is 0 Å². The van der Waals surface area contributed by atoms with Gasteiger partial charge in [0, 0.05) is 24.0 Å². The molecular weight excluding hydrogens is 262 g/mol. The predicted octanol–water partition coefficient (Wildman–Crippen LogP) is 1.52. The average Bonchev–Trinajstić information content (AvgIpc) is 3.07. The highest BCUT2D eigenvalue weighted by atomic mass is 16.5. The largest absolute Gasteiger partial charge is 0.476 e. The molecule has 3 rings (SSSR count). The number of aromatic nitrogens is 3. The van der Waals surface area contributed by atoms with Crippen molar-refractivity contribution in [1.29, 1.82) is 0 Å². The molecule has 1 aromatic carbocycles. The molecule has 0 atom stereocenters. The van der Waals surface area contributed by atoms with Crippen LogP contribution in [0.25, 0.3) is 17.0 Å². The number of H-pyrrole nitrogens is 1. The second-order valence-corrected chi connectivity index (χ2v) is 4.07. The van der Waals surface area contributed by atoms with Crippen LogP contribution < -0.4 is 5.69 Å². The third kappa shape index (κ3) is 2.01. The van der Waals surface area contributed by atoms with Gasteiger partial charge in [0.2, 0.25) is 0 Å². The molecule has 3 aromatic rings. The van der Waals surface area contributed by atoms with Gasteiger partial charge in [0.1, 0.15) is 0 Å². The maximum atomic E-state index is 11.6. The summed E-state index contributed by atoms with van der Waals surface area (Å²) in [6.45, 7) is 0. The molecule has 0 spiro atoms. The van der Waals surface area contributed by atoms with Gasteiger partial charge in [0.25, 0.3) is 0 Å². The van der Waals surface area contributed by atoms with Crippen LogP contribution in [0.3, 0.4) is 0 Å². The van der Waals surface area contributed by atoms with E-state index in [2.05, 4.69) is 10.1 Å². The lowest BCUT2D eigenvalue weighted by molar-refractivity contribution is 0.0686. The van der Waals surface area contributed by atoms with Gasteiger partial charge >= 0.3 is 11.7 Å². The molecule has 2 heterocycles. The van der Waals surface area contributed by atoms with E-state index < -0.39 is 5.97 Å². The SMILES string of the molecule is O=C(O)c1cc(-c2cccc(-n3cc[nH]c3=O)c2)on1. The van der Waals surface area contributed by atoms with Crippen molar-refractivity contribution in [3.8, 4) is 17.0 Å². The molecule has 0 amide bonds. The number of imidazole rings is 1. The average molecular weight is 271 g/mol. The minimum atomic E-state index is -1.15. The highest BCUT2D eigenvalue weighted by Crippen LogP contribution is 2.22. The monoisotopic (exact) mass is 271 g/mol. The molecule has 0 aliphatic rings. The first-order valence-electron chi connectivity index (χ1n) is 5.72. The fraction of sp³-hybridized carbons (Fsp3) is 0. The molecule has 20 heavy (non-hydrogen) atoms. The second-order valence-electron chi connectivity index (χ2n) is 4.07. The number of carboxylic acid groups (broad SMARTS) is 1. The van der Waals surface area contributed by atoms with Gasteiger partial charge in [-0.2, -0.15) is 0 Å². The number of hydrogen-bond acceptors (Lipinski definition) is 4. The van der Waals surface area contributed by atoms with E-state index in [0.717, 1.165) is 0 Å². The summed E-state index contributed by atoms with van der Waals surface area (Å²) in [5.74, 6) is -0.828. The van der Waals surface area contributed by atoms with Crippen molar-refractivity contribution in [3.05, 3.63) is 58.9 Å². The molecule has 0 fully saturated rings.